The average molecular weight is 468 g/mol. The predicted octanol–water partition coefficient (Wildman–Crippen LogP) is 4.56. The number of amides is 1. The molecule has 1 amide bonds. The molecule has 174 valence electrons. The molecule has 2 unspecified atom stereocenters. The van der Waals surface area contributed by atoms with Crippen molar-refractivity contribution in [1.82, 2.24) is 5.32 Å². The van der Waals surface area contributed by atoms with Gasteiger partial charge in [-0.25, -0.2) is 6.57 Å². The highest BCUT2D eigenvalue weighted by Gasteiger charge is 2.33. The maximum absolute atomic E-state index is 12.2. The highest BCUT2D eigenvalue weighted by Crippen LogP contribution is 2.25. The zero-order chi connectivity index (χ0) is 24.3. The Morgan fingerprint density at radius 1 is 1.16 bits per heavy atom. The van der Waals surface area contributed by atoms with Crippen molar-refractivity contribution in [3.8, 4) is 6.07 Å². The van der Waals surface area contributed by atoms with Gasteiger partial charge in [0.1, 0.15) is 0 Å². The summed E-state index contributed by atoms with van der Waals surface area (Å²) in [6.07, 6.45) is 0.897. The number of nitriles is 1. The van der Waals surface area contributed by atoms with Gasteiger partial charge in [-0.05, 0) is 58.5 Å². The Bertz CT molecular complexity index is 739. The second-order valence-electron chi connectivity index (χ2n) is 9.74. The molecule has 0 fully saturated rings. The Balaban J connectivity index is 4.61. The number of hydrogen-bond donors (Lipinski definition) is 2. The molecule has 0 aliphatic rings. The third-order valence-electron chi connectivity index (χ3n) is 4.48. The van der Waals surface area contributed by atoms with Crippen molar-refractivity contribution in [1.29, 1.82) is 5.26 Å². The normalized spacial score (nSPS) is 16.0. The second kappa shape index (κ2) is 12.1. The number of aliphatic carboxylic acids is 1. The molecule has 0 aliphatic heterocycles. The van der Waals surface area contributed by atoms with Crippen LogP contribution in [0.25, 0.3) is 4.85 Å². The third-order valence-corrected chi connectivity index (χ3v) is 10.7. The predicted molar refractivity (Wildman–Crippen MR) is 124 cm³/mol. The van der Waals surface area contributed by atoms with Crippen molar-refractivity contribution in [2.24, 2.45) is 10.2 Å². The van der Waals surface area contributed by atoms with E-state index in [2.05, 4.69) is 53.1 Å². The summed E-state index contributed by atoms with van der Waals surface area (Å²) in [5.74, 6) is -1.19. The second-order valence-corrected chi connectivity index (χ2v) is 18.8. The Morgan fingerprint density at radius 3 is 2.26 bits per heavy atom. The van der Waals surface area contributed by atoms with E-state index < -0.39 is 33.8 Å². The van der Waals surface area contributed by atoms with Gasteiger partial charge in [0.2, 0.25) is 5.91 Å². The molecule has 0 saturated carbocycles. The molecule has 11 heteroatoms. The largest absolute Gasteiger partial charge is 0.481 e. The lowest BCUT2D eigenvalue weighted by Gasteiger charge is -2.31. The van der Waals surface area contributed by atoms with Gasteiger partial charge in [0, 0.05) is 26.3 Å². The Kier molecular flexibility index (Phi) is 11.3. The van der Waals surface area contributed by atoms with Gasteiger partial charge in [0.25, 0.3) is 0 Å². The summed E-state index contributed by atoms with van der Waals surface area (Å²) in [5.41, 5.74) is -2.60. The summed E-state index contributed by atoms with van der Waals surface area (Å²) >= 11 is 0. The minimum Gasteiger partial charge on any atom is -0.481 e. The summed E-state index contributed by atoms with van der Waals surface area (Å²) in [7, 11) is -3.30. The molecule has 0 spiro atoms. The fourth-order valence-electron chi connectivity index (χ4n) is 2.89. The number of carbonyl (C=O) groups excluding carboxylic acids is 1. The van der Waals surface area contributed by atoms with Crippen molar-refractivity contribution in [2.45, 2.75) is 95.9 Å². The molecule has 0 bridgehead atoms. The molecular formula is C20H37N5O4Si2. The van der Waals surface area contributed by atoms with Crippen molar-refractivity contribution < 1.29 is 18.8 Å². The van der Waals surface area contributed by atoms with Crippen molar-refractivity contribution >= 4 is 28.5 Å². The lowest BCUT2D eigenvalue weighted by molar-refractivity contribution is -0.137. The van der Waals surface area contributed by atoms with Crippen molar-refractivity contribution in [2.75, 3.05) is 6.54 Å². The number of nitrogens with one attached hydrogen (secondary N) is 1. The molecule has 0 radical (unpaired) electrons. The topological polar surface area (TPSA) is 128 Å². The van der Waals surface area contributed by atoms with Crippen molar-refractivity contribution in [3.05, 3.63) is 11.4 Å². The van der Waals surface area contributed by atoms with Crippen molar-refractivity contribution in [3.63, 3.8) is 0 Å². The highest BCUT2D eigenvalue weighted by atomic mass is 28.4. The smallest absolute Gasteiger partial charge is 0.338 e. The van der Waals surface area contributed by atoms with Crippen LogP contribution in [0.5, 0.6) is 0 Å². The molecule has 0 aromatic rings. The molecule has 0 aromatic heterocycles. The maximum Gasteiger partial charge on any atom is 0.338 e. The third kappa shape index (κ3) is 13.8. The van der Waals surface area contributed by atoms with E-state index >= 15 is 0 Å². The summed E-state index contributed by atoms with van der Waals surface area (Å²) in [5, 5.41) is 28.9. The number of nitrogens with zero attached hydrogens (tertiary/aromatic N) is 4. The summed E-state index contributed by atoms with van der Waals surface area (Å²) in [4.78, 5) is 26.4. The van der Waals surface area contributed by atoms with Crippen LogP contribution in [-0.4, -0.2) is 51.4 Å². The number of carbonyl (C=O) groups is 2. The summed E-state index contributed by atoms with van der Waals surface area (Å²) in [6.45, 7) is 21.9. The van der Waals surface area contributed by atoms with E-state index in [0.29, 0.717) is 6.54 Å². The van der Waals surface area contributed by atoms with E-state index in [0.717, 1.165) is 12.5 Å². The Morgan fingerprint density at radius 2 is 1.77 bits per heavy atom. The van der Waals surface area contributed by atoms with E-state index in [1.807, 2.05) is 6.07 Å². The van der Waals surface area contributed by atoms with Gasteiger partial charge in [0.05, 0.1) is 12.5 Å². The zero-order valence-electron chi connectivity index (χ0n) is 19.9. The molecule has 0 saturated heterocycles. The van der Waals surface area contributed by atoms with E-state index in [1.54, 1.807) is 6.92 Å². The van der Waals surface area contributed by atoms with E-state index in [1.165, 1.54) is 6.92 Å². The fourth-order valence-corrected chi connectivity index (χ4v) is 11.0. The first kappa shape index (κ1) is 28.9. The fraction of sp³-hybridized carbons (Fsp3) is 0.800. The lowest BCUT2D eigenvalue weighted by atomic mass is 9.99. The molecule has 31 heavy (non-hydrogen) atoms. The monoisotopic (exact) mass is 467 g/mol. The lowest BCUT2D eigenvalue weighted by Crippen LogP contribution is -2.42. The van der Waals surface area contributed by atoms with Gasteiger partial charge in [-0.15, -0.1) is 5.11 Å². The van der Waals surface area contributed by atoms with E-state index in [9.17, 15) is 14.9 Å². The van der Waals surface area contributed by atoms with Crippen LogP contribution in [0.2, 0.25) is 38.8 Å². The van der Waals surface area contributed by atoms with Crippen LogP contribution in [0.15, 0.2) is 10.2 Å². The van der Waals surface area contributed by atoms with Gasteiger partial charge in [-0.3, -0.25) is 14.4 Å². The standard InChI is InChI=1S/C20H37N5O4Si2/c1-19(16-21,12-11-18(27)28)24-25-20(2,22-3)13-10-17(26)23-14-9-15-31(7,8)29-30(4,5)6/h9-15H2,1-2,4-8H3,(H,23,26)(H,27,28). The van der Waals surface area contributed by atoms with Crippen LogP contribution >= 0.6 is 0 Å². The van der Waals surface area contributed by atoms with Gasteiger partial charge in [0.15, 0.2) is 22.2 Å². The average Bonchev–Trinajstić information content (AvgIpc) is 2.64. The summed E-state index contributed by atoms with van der Waals surface area (Å²) < 4.78 is 6.29. The number of hydrogen-bond acceptors (Lipinski definition) is 6. The van der Waals surface area contributed by atoms with Crippen LogP contribution in [0.4, 0.5) is 0 Å². The molecule has 0 heterocycles. The van der Waals surface area contributed by atoms with Crippen LogP contribution in [-0.2, 0) is 13.7 Å². The van der Waals surface area contributed by atoms with Gasteiger partial charge >= 0.3 is 11.6 Å². The SMILES string of the molecule is [C-]#[N+]C(C)(CCC(=O)NCCC[Si](C)(C)O[Si](C)(C)C)N=NC(C)(C#N)CCC(=O)O. The minimum absolute atomic E-state index is 0.00201. The van der Waals surface area contributed by atoms with Crippen LogP contribution in [0, 0.1) is 17.9 Å². The molecule has 0 rings (SSSR count). The number of carboxylic acid groups (broad SMARTS) is 1. The number of carboxylic acids is 1. The first-order chi connectivity index (χ1) is 14.1. The molecular weight excluding hydrogens is 430 g/mol. The van der Waals surface area contributed by atoms with Crippen LogP contribution in [0.3, 0.4) is 0 Å². The van der Waals surface area contributed by atoms with Gasteiger partial charge in [-0.2, -0.15) is 10.4 Å². The molecule has 9 nitrogen and oxygen atoms in total. The molecule has 2 N–H and O–H groups in total. The Labute approximate surface area is 188 Å². The first-order valence-corrected chi connectivity index (χ1v) is 17.0. The van der Waals surface area contributed by atoms with Gasteiger partial charge in [-0.1, -0.05) is 0 Å². The molecule has 2 atom stereocenters. The van der Waals surface area contributed by atoms with Crippen LogP contribution in [0.1, 0.15) is 46.0 Å². The quantitative estimate of drug-likeness (QED) is 0.167. The molecule has 0 aromatic carbocycles. The Hall–Kier alpha value is -2.09. The van der Waals surface area contributed by atoms with E-state index in [4.69, 9.17) is 15.8 Å². The number of rotatable bonds is 14. The highest BCUT2D eigenvalue weighted by molar-refractivity contribution is 6.84. The molecule has 0 aliphatic carbocycles. The summed E-state index contributed by atoms with van der Waals surface area (Å²) in [6, 6.07) is 2.91. The first-order valence-electron chi connectivity index (χ1n) is 10.5. The van der Waals surface area contributed by atoms with Gasteiger partial charge < -0.3 is 14.5 Å². The zero-order valence-corrected chi connectivity index (χ0v) is 21.9. The number of azo groups is 1. The van der Waals surface area contributed by atoms with E-state index in [-0.39, 0.29) is 31.6 Å². The minimum atomic E-state index is -1.73. The van der Waals surface area contributed by atoms with Crippen LogP contribution < -0.4 is 5.32 Å². The maximum atomic E-state index is 12.2.